The highest BCUT2D eigenvalue weighted by molar-refractivity contribution is 6.30. The zero-order chi connectivity index (χ0) is 21.1. The van der Waals surface area contributed by atoms with E-state index in [0.717, 1.165) is 25.3 Å². The third kappa shape index (κ3) is 4.45. The zero-order valence-electron chi connectivity index (χ0n) is 16.8. The van der Waals surface area contributed by atoms with Crippen molar-refractivity contribution in [3.05, 3.63) is 92.9 Å². The molecule has 6 nitrogen and oxygen atoms in total. The van der Waals surface area contributed by atoms with E-state index in [-0.39, 0.29) is 17.0 Å². The standard InChI is InChI=1S/C23H23ClN4O2/c1-17-15-21(29)22(25-28(17)20-9-7-19(24)8-10-20)23(30)27-13-11-26(12-14-27)16-18-5-3-2-4-6-18/h2-10,15H,11-14,16H2,1H3/p+1. The van der Waals surface area contributed by atoms with Gasteiger partial charge in [0.15, 0.2) is 5.69 Å². The summed E-state index contributed by atoms with van der Waals surface area (Å²) in [5.41, 5.74) is 2.32. The molecule has 4 rings (SSSR count). The summed E-state index contributed by atoms with van der Waals surface area (Å²) in [6.45, 7) is 5.64. The lowest BCUT2D eigenvalue weighted by Crippen LogP contribution is -3.13. The Labute approximate surface area is 180 Å². The van der Waals surface area contributed by atoms with Crippen LogP contribution in [-0.2, 0) is 6.54 Å². The van der Waals surface area contributed by atoms with Crippen LogP contribution in [0.25, 0.3) is 5.69 Å². The Bertz CT molecular complexity index is 1090. The van der Waals surface area contributed by atoms with Crippen LogP contribution in [0.15, 0.2) is 65.5 Å². The van der Waals surface area contributed by atoms with E-state index >= 15 is 0 Å². The maximum absolute atomic E-state index is 13.1. The van der Waals surface area contributed by atoms with Gasteiger partial charge in [0, 0.05) is 22.3 Å². The largest absolute Gasteiger partial charge is 0.328 e. The van der Waals surface area contributed by atoms with Crippen LogP contribution in [0, 0.1) is 6.92 Å². The average Bonchev–Trinajstić information content (AvgIpc) is 2.75. The number of aromatic nitrogens is 2. The van der Waals surface area contributed by atoms with Gasteiger partial charge < -0.3 is 9.80 Å². The lowest BCUT2D eigenvalue weighted by atomic mass is 10.2. The van der Waals surface area contributed by atoms with Crippen molar-refractivity contribution < 1.29 is 9.69 Å². The van der Waals surface area contributed by atoms with Crippen LogP contribution in [0.3, 0.4) is 0 Å². The molecule has 1 saturated heterocycles. The molecule has 0 radical (unpaired) electrons. The van der Waals surface area contributed by atoms with E-state index in [1.54, 1.807) is 28.6 Å². The number of rotatable bonds is 4. The number of carbonyl (C=O) groups is 1. The van der Waals surface area contributed by atoms with E-state index < -0.39 is 0 Å². The summed E-state index contributed by atoms with van der Waals surface area (Å²) in [6, 6.07) is 19.0. The van der Waals surface area contributed by atoms with Crippen LogP contribution >= 0.6 is 11.6 Å². The highest BCUT2D eigenvalue weighted by Crippen LogP contribution is 2.14. The Morgan fingerprint density at radius 1 is 1.07 bits per heavy atom. The molecule has 3 aromatic rings. The molecule has 1 N–H and O–H groups in total. The molecule has 1 aromatic heterocycles. The first-order valence-corrected chi connectivity index (χ1v) is 10.4. The SMILES string of the molecule is Cc1cc(=O)c(C(=O)N2CC[NH+](Cc3ccccc3)CC2)nn1-c1ccc(Cl)cc1. The normalized spacial score (nSPS) is 14.7. The van der Waals surface area contributed by atoms with Crippen molar-refractivity contribution in [3.8, 4) is 5.69 Å². The molecule has 0 saturated carbocycles. The van der Waals surface area contributed by atoms with Crippen molar-refractivity contribution in [3.63, 3.8) is 0 Å². The Balaban J connectivity index is 1.49. The summed E-state index contributed by atoms with van der Waals surface area (Å²) in [5.74, 6) is -0.304. The highest BCUT2D eigenvalue weighted by atomic mass is 35.5. The van der Waals surface area contributed by atoms with Gasteiger partial charge in [0.1, 0.15) is 6.54 Å². The number of benzene rings is 2. The van der Waals surface area contributed by atoms with Crippen LogP contribution in [0.5, 0.6) is 0 Å². The van der Waals surface area contributed by atoms with Crippen molar-refractivity contribution >= 4 is 17.5 Å². The van der Waals surface area contributed by atoms with Gasteiger partial charge in [-0.15, -0.1) is 0 Å². The molecule has 0 spiro atoms. The van der Waals surface area contributed by atoms with Gasteiger partial charge in [-0.1, -0.05) is 41.9 Å². The molecule has 2 aromatic carbocycles. The van der Waals surface area contributed by atoms with Crippen molar-refractivity contribution in [2.75, 3.05) is 26.2 Å². The van der Waals surface area contributed by atoms with Gasteiger partial charge in [0.25, 0.3) is 5.91 Å². The van der Waals surface area contributed by atoms with Crippen LogP contribution < -0.4 is 10.3 Å². The third-order valence-corrected chi connectivity index (χ3v) is 5.69. The minimum absolute atomic E-state index is 0.0398. The predicted octanol–water partition coefficient (Wildman–Crippen LogP) is 1.74. The molecule has 1 amide bonds. The predicted molar refractivity (Wildman–Crippen MR) is 116 cm³/mol. The van der Waals surface area contributed by atoms with Crippen LogP contribution in [-0.4, -0.2) is 46.8 Å². The number of quaternary nitrogens is 1. The fraction of sp³-hybridized carbons (Fsp3) is 0.261. The maximum Gasteiger partial charge on any atom is 0.278 e. The Morgan fingerprint density at radius 3 is 2.40 bits per heavy atom. The molecule has 0 unspecified atom stereocenters. The minimum Gasteiger partial charge on any atom is -0.328 e. The van der Waals surface area contributed by atoms with Crippen LogP contribution in [0.2, 0.25) is 5.02 Å². The van der Waals surface area contributed by atoms with Crippen molar-refractivity contribution in [1.29, 1.82) is 0 Å². The topological polar surface area (TPSA) is 59.6 Å². The average molecular weight is 424 g/mol. The van der Waals surface area contributed by atoms with Gasteiger partial charge in [0.05, 0.1) is 31.9 Å². The molecule has 0 aliphatic carbocycles. The highest BCUT2D eigenvalue weighted by Gasteiger charge is 2.27. The second kappa shape index (κ2) is 8.81. The molecule has 1 aliphatic rings. The lowest BCUT2D eigenvalue weighted by molar-refractivity contribution is -0.917. The maximum atomic E-state index is 13.1. The van der Waals surface area contributed by atoms with Gasteiger partial charge >= 0.3 is 0 Å². The molecular formula is C23H24ClN4O2+. The van der Waals surface area contributed by atoms with E-state index in [2.05, 4.69) is 17.2 Å². The van der Waals surface area contributed by atoms with E-state index in [1.807, 2.05) is 30.3 Å². The quantitative estimate of drug-likeness (QED) is 0.695. The van der Waals surface area contributed by atoms with Gasteiger partial charge in [-0.25, -0.2) is 4.68 Å². The first kappa shape index (κ1) is 20.3. The Kier molecular flexibility index (Phi) is 5.97. The molecule has 2 heterocycles. The van der Waals surface area contributed by atoms with E-state index in [4.69, 9.17) is 11.6 Å². The van der Waals surface area contributed by atoms with E-state index in [0.29, 0.717) is 23.8 Å². The summed E-state index contributed by atoms with van der Waals surface area (Å²) < 4.78 is 1.61. The molecule has 7 heteroatoms. The van der Waals surface area contributed by atoms with E-state index in [1.165, 1.54) is 16.5 Å². The van der Waals surface area contributed by atoms with Crippen LogP contribution in [0.4, 0.5) is 0 Å². The Hall–Kier alpha value is -2.96. The monoisotopic (exact) mass is 423 g/mol. The minimum atomic E-state index is -0.346. The number of aryl methyl sites for hydroxylation is 1. The fourth-order valence-corrected chi connectivity index (χ4v) is 3.90. The lowest BCUT2D eigenvalue weighted by Gasteiger charge is -2.32. The van der Waals surface area contributed by atoms with Crippen molar-refractivity contribution in [2.24, 2.45) is 0 Å². The van der Waals surface area contributed by atoms with Gasteiger partial charge in [-0.05, 0) is 31.2 Å². The summed E-state index contributed by atoms with van der Waals surface area (Å²) in [6.07, 6.45) is 0. The number of nitrogens with zero attached hydrogens (tertiary/aromatic N) is 3. The number of carbonyl (C=O) groups excluding carboxylic acids is 1. The zero-order valence-corrected chi connectivity index (χ0v) is 17.6. The number of piperazine rings is 1. The second-order valence-electron chi connectivity index (χ2n) is 7.59. The fourth-order valence-electron chi connectivity index (χ4n) is 3.78. The molecule has 154 valence electrons. The number of hydrogen-bond acceptors (Lipinski definition) is 3. The molecular weight excluding hydrogens is 400 g/mol. The summed E-state index contributed by atoms with van der Waals surface area (Å²) >= 11 is 5.97. The summed E-state index contributed by atoms with van der Waals surface area (Å²) in [7, 11) is 0. The van der Waals surface area contributed by atoms with E-state index in [9.17, 15) is 9.59 Å². The summed E-state index contributed by atoms with van der Waals surface area (Å²) in [5, 5.41) is 5.01. The molecule has 1 fully saturated rings. The smallest absolute Gasteiger partial charge is 0.278 e. The second-order valence-corrected chi connectivity index (χ2v) is 8.03. The molecule has 0 bridgehead atoms. The molecule has 1 aliphatic heterocycles. The number of halogens is 1. The van der Waals surface area contributed by atoms with Crippen molar-refractivity contribution in [1.82, 2.24) is 14.7 Å². The van der Waals surface area contributed by atoms with Gasteiger partial charge in [0.2, 0.25) is 5.43 Å². The number of hydrogen-bond donors (Lipinski definition) is 1. The first-order chi connectivity index (χ1) is 14.5. The van der Waals surface area contributed by atoms with Gasteiger partial charge in [-0.3, -0.25) is 9.59 Å². The van der Waals surface area contributed by atoms with Crippen molar-refractivity contribution in [2.45, 2.75) is 13.5 Å². The summed E-state index contributed by atoms with van der Waals surface area (Å²) in [4.78, 5) is 28.7. The molecule has 30 heavy (non-hydrogen) atoms. The number of nitrogens with one attached hydrogen (secondary N) is 1. The Morgan fingerprint density at radius 2 is 1.73 bits per heavy atom. The first-order valence-electron chi connectivity index (χ1n) is 10.0. The molecule has 0 atom stereocenters. The van der Waals surface area contributed by atoms with Crippen LogP contribution in [0.1, 0.15) is 21.7 Å². The number of amides is 1. The van der Waals surface area contributed by atoms with Gasteiger partial charge in [-0.2, -0.15) is 5.10 Å². The third-order valence-electron chi connectivity index (χ3n) is 5.44.